The van der Waals surface area contributed by atoms with Crippen LogP contribution < -0.4 is 0 Å². The molecule has 0 aromatic carbocycles. The summed E-state index contributed by atoms with van der Waals surface area (Å²) in [5.41, 5.74) is 1.82. The smallest absolute Gasteiger partial charge is 0.181 e. The van der Waals surface area contributed by atoms with Crippen molar-refractivity contribution < 1.29 is 4.79 Å². The van der Waals surface area contributed by atoms with Crippen LogP contribution in [0.2, 0.25) is 0 Å². The molecule has 3 nitrogen and oxygen atoms in total. The number of carbonyl (C=O) groups excluding carboxylic acids is 1. The predicted molar refractivity (Wildman–Crippen MR) is 91.3 cm³/mol. The summed E-state index contributed by atoms with van der Waals surface area (Å²) in [7, 11) is 0. The first-order valence-electron chi connectivity index (χ1n) is 8.70. The lowest BCUT2D eigenvalue weighted by Gasteiger charge is -2.34. The van der Waals surface area contributed by atoms with Crippen molar-refractivity contribution in [2.45, 2.75) is 65.3 Å². The fraction of sp³-hybridized carbons (Fsp3) is 0.684. The highest BCUT2D eigenvalue weighted by molar-refractivity contribution is 5.94. The largest absolute Gasteiger partial charge is 0.301 e. The third kappa shape index (κ3) is 4.64. The van der Waals surface area contributed by atoms with Crippen molar-refractivity contribution in [1.29, 1.82) is 0 Å². The van der Waals surface area contributed by atoms with Gasteiger partial charge in [-0.25, -0.2) is 0 Å². The second-order valence-electron chi connectivity index (χ2n) is 7.17. The van der Waals surface area contributed by atoms with Gasteiger partial charge in [-0.15, -0.1) is 0 Å². The topological polar surface area (TPSA) is 33.2 Å². The number of carbonyl (C=O) groups is 1. The molecule has 1 aliphatic rings. The average Bonchev–Trinajstić information content (AvgIpc) is 2.53. The third-order valence-corrected chi connectivity index (χ3v) is 4.90. The highest BCUT2D eigenvalue weighted by Gasteiger charge is 2.21. The number of aromatic nitrogens is 1. The molecule has 0 radical (unpaired) electrons. The Labute approximate surface area is 135 Å². The zero-order chi connectivity index (χ0) is 16.1. The molecule has 0 N–H and O–H groups in total. The van der Waals surface area contributed by atoms with Gasteiger partial charge in [0.1, 0.15) is 5.69 Å². The van der Waals surface area contributed by atoms with E-state index < -0.39 is 0 Å². The van der Waals surface area contributed by atoms with Crippen LogP contribution >= 0.6 is 0 Å². The zero-order valence-electron chi connectivity index (χ0n) is 14.5. The summed E-state index contributed by atoms with van der Waals surface area (Å²) < 4.78 is 0. The lowest BCUT2D eigenvalue weighted by molar-refractivity contribution is 0.0950. The average molecular weight is 302 g/mol. The van der Waals surface area contributed by atoms with Gasteiger partial charge in [0.15, 0.2) is 5.78 Å². The summed E-state index contributed by atoms with van der Waals surface area (Å²) >= 11 is 0. The van der Waals surface area contributed by atoms with Gasteiger partial charge in [-0.3, -0.25) is 9.78 Å². The van der Waals surface area contributed by atoms with Crippen LogP contribution in [-0.4, -0.2) is 34.8 Å². The minimum Gasteiger partial charge on any atom is -0.301 e. The molecule has 22 heavy (non-hydrogen) atoms. The number of hydrogen-bond acceptors (Lipinski definition) is 3. The standard InChI is InChI=1S/C19H30N2O/c1-14(2)17-6-7-18(20-13-17)19(22)8-5-16-9-11-21(12-10-16)15(3)4/h6-7,13-16H,5,8-12H2,1-4H3. The molecule has 0 bridgehead atoms. The van der Waals surface area contributed by atoms with Gasteiger partial charge in [-0.05, 0) is 69.7 Å². The van der Waals surface area contributed by atoms with E-state index >= 15 is 0 Å². The second kappa shape index (κ2) is 7.87. The molecule has 3 heteroatoms. The van der Waals surface area contributed by atoms with Crippen molar-refractivity contribution in [3.63, 3.8) is 0 Å². The minimum atomic E-state index is 0.196. The Kier molecular flexibility index (Phi) is 6.13. The molecular weight excluding hydrogens is 272 g/mol. The Bertz CT molecular complexity index is 471. The zero-order valence-corrected chi connectivity index (χ0v) is 14.5. The van der Waals surface area contributed by atoms with Crippen molar-refractivity contribution in [3.05, 3.63) is 29.6 Å². The molecule has 0 atom stereocenters. The fourth-order valence-corrected chi connectivity index (χ4v) is 3.13. The summed E-state index contributed by atoms with van der Waals surface area (Å²) in [6, 6.07) is 4.57. The molecule has 1 aliphatic heterocycles. The van der Waals surface area contributed by atoms with Crippen LogP contribution in [0.15, 0.2) is 18.3 Å². The highest BCUT2D eigenvalue weighted by Crippen LogP contribution is 2.24. The van der Waals surface area contributed by atoms with Gasteiger partial charge in [-0.1, -0.05) is 19.9 Å². The van der Waals surface area contributed by atoms with Gasteiger partial charge in [0.25, 0.3) is 0 Å². The Morgan fingerprint density at radius 2 is 1.91 bits per heavy atom. The SMILES string of the molecule is CC(C)c1ccc(C(=O)CCC2CCN(C(C)C)CC2)nc1. The highest BCUT2D eigenvalue weighted by atomic mass is 16.1. The van der Waals surface area contributed by atoms with Crippen molar-refractivity contribution in [2.75, 3.05) is 13.1 Å². The number of pyridine rings is 1. The van der Waals surface area contributed by atoms with E-state index in [0.29, 0.717) is 30.0 Å². The molecule has 0 spiro atoms. The van der Waals surface area contributed by atoms with E-state index in [2.05, 4.69) is 37.6 Å². The van der Waals surface area contributed by atoms with E-state index in [-0.39, 0.29) is 5.78 Å². The van der Waals surface area contributed by atoms with Gasteiger partial charge in [0.2, 0.25) is 0 Å². The first-order chi connectivity index (χ1) is 10.5. The van der Waals surface area contributed by atoms with Crippen molar-refractivity contribution in [2.24, 2.45) is 5.92 Å². The molecule has 2 rings (SSSR count). The molecule has 122 valence electrons. The van der Waals surface area contributed by atoms with E-state index in [0.717, 1.165) is 6.42 Å². The first kappa shape index (κ1) is 17.1. The Morgan fingerprint density at radius 3 is 2.41 bits per heavy atom. The maximum Gasteiger partial charge on any atom is 0.181 e. The maximum absolute atomic E-state index is 12.3. The summed E-state index contributed by atoms with van der Waals surface area (Å²) in [4.78, 5) is 19.1. The lowest BCUT2D eigenvalue weighted by atomic mass is 9.90. The number of rotatable bonds is 6. The Hall–Kier alpha value is -1.22. The van der Waals surface area contributed by atoms with Crippen LogP contribution in [0.3, 0.4) is 0 Å². The van der Waals surface area contributed by atoms with Crippen molar-refractivity contribution in [3.8, 4) is 0 Å². The maximum atomic E-state index is 12.3. The number of ketones is 1. The monoisotopic (exact) mass is 302 g/mol. The normalized spacial score (nSPS) is 17.4. The molecule has 1 saturated heterocycles. The van der Waals surface area contributed by atoms with Crippen LogP contribution in [0.5, 0.6) is 0 Å². The van der Waals surface area contributed by atoms with E-state index in [9.17, 15) is 4.79 Å². The molecule has 1 fully saturated rings. The van der Waals surface area contributed by atoms with E-state index in [1.54, 1.807) is 0 Å². The van der Waals surface area contributed by atoms with Crippen LogP contribution in [0.1, 0.15) is 75.3 Å². The number of hydrogen-bond donors (Lipinski definition) is 0. The van der Waals surface area contributed by atoms with Crippen LogP contribution in [0.25, 0.3) is 0 Å². The van der Waals surface area contributed by atoms with Gasteiger partial charge >= 0.3 is 0 Å². The molecule has 0 amide bonds. The summed E-state index contributed by atoms with van der Waals surface area (Å²) in [6.45, 7) is 11.2. The van der Waals surface area contributed by atoms with Crippen LogP contribution in [0.4, 0.5) is 0 Å². The van der Waals surface area contributed by atoms with E-state index in [1.807, 2.05) is 18.3 Å². The Balaban J connectivity index is 1.78. The molecular formula is C19H30N2O. The van der Waals surface area contributed by atoms with Gasteiger partial charge < -0.3 is 4.90 Å². The summed E-state index contributed by atoms with van der Waals surface area (Å²) in [5.74, 6) is 1.36. The molecule has 0 aliphatic carbocycles. The Morgan fingerprint density at radius 1 is 1.23 bits per heavy atom. The number of Topliss-reactive ketones (excluding diaryl/α,β-unsaturated/α-hetero) is 1. The molecule has 1 aromatic heterocycles. The lowest BCUT2D eigenvalue weighted by Crippen LogP contribution is -2.38. The second-order valence-corrected chi connectivity index (χ2v) is 7.17. The molecule has 0 unspecified atom stereocenters. The van der Waals surface area contributed by atoms with Gasteiger partial charge in [-0.2, -0.15) is 0 Å². The third-order valence-electron chi connectivity index (χ3n) is 4.90. The predicted octanol–water partition coefficient (Wildman–Crippen LogP) is 4.29. The quantitative estimate of drug-likeness (QED) is 0.735. The van der Waals surface area contributed by atoms with Crippen molar-refractivity contribution >= 4 is 5.78 Å². The van der Waals surface area contributed by atoms with Gasteiger partial charge in [0, 0.05) is 18.7 Å². The summed E-state index contributed by atoms with van der Waals surface area (Å²) in [5, 5.41) is 0. The van der Waals surface area contributed by atoms with E-state index in [1.165, 1.54) is 31.5 Å². The first-order valence-corrected chi connectivity index (χ1v) is 8.70. The van der Waals surface area contributed by atoms with E-state index in [4.69, 9.17) is 0 Å². The summed E-state index contributed by atoms with van der Waals surface area (Å²) in [6.07, 6.45) is 5.95. The number of nitrogens with zero attached hydrogens (tertiary/aromatic N) is 2. The number of likely N-dealkylation sites (tertiary alicyclic amines) is 1. The van der Waals surface area contributed by atoms with Gasteiger partial charge in [0.05, 0.1) is 0 Å². The fourth-order valence-electron chi connectivity index (χ4n) is 3.13. The van der Waals surface area contributed by atoms with Crippen molar-refractivity contribution in [1.82, 2.24) is 9.88 Å². The number of piperidine rings is 1. The molecule has 0 saturated carbocycles. The minimum absolute atomic E-state index is 0.196. The molecule has 1 aromatic rings. The van der Waals surface area contributed by atoms with Crippen LogP contribution in [-0.2, 0) is 0 Å². The van der Waals surface area contributed by atoms with Crippen LogP contribution in [0, 0.1) is 5.92 Å². The molecule has 2 heterocycles.